The van der Waals surface area contributed by atoms with E-state index in [0.717, 1.165) is 5.56 Å². The van der Waals surface area contributed by atoms with E-state index in [0.29, 0.717) is 5.75 Å². The molecular weight excluding hydrogens is 388 g/mol. The fourth-order valence-corrected chi connectivity index (χ4v) is 4.32. The van der Waals surface area contributed by atoms with E-state index in [1.165, 1.54) is 9.79 Å². The number of carbonyl (C=O) groups excluding carboxylic acids is 1. The molecular formula is C20H17ClO5S. The van der Waals surface area contributed by atoms with Gasteiger partial charge in [0.25, 0.3) is 0 Å². The van der Waals surface area contributed by atoms with Crippen LogP contribution >= 0.6 is 0 Å². The minimum absolute atomic E-state index is 0.191. The third-order valence-electron chi connectivity index (χ3n) is 3.43. The van der Waals surface area contributed by atoms with E-state index in [4.69, 9.17) is 18.6 Å². The molecule has 0 amide bonds. The van der Waals surface area contributed by atoms with Gasteiger partial charge in [-0.3, -0.25) is 4.79 Å². The first-order valence-electron chi connectivity index (χ1n) is 7.85. The van der Waals surface area contributed by atoms with Crippen molar-refractivity contribution >= 4 is 16.7 Å². The normalized spacial score (nSPS) is 10.9. The fourth-order valence-electron chi connectivity index (χ4n) is 2.31. The zero-order valence-corrected chi connectivity index (χ0v) is 15.8. The molecule has 0 unspecified atom stereocenters. The van der Waals surface area contributed by atoms with E-state index in [-0.39, 0.29) is 16.7 Å². The number of carbonyl (C=O) groups is 1. The molecule has 7 heteroatoms. The Labute approximate surface area is 162 Å². The second kappa shape index (κ2) is 10.2. The number of ketones is 1. The predicted octanol–water partition coefficient (Wildman–Crippen LogP) is -0.150. The van der Waals surface area contributed by atoms with Crippen molar-refractivity contribution in [2.24, 2.45) is 0 Å². The van der Waals surface area contributed by atoms with Gasteiger partial charge in [-0.25, -0.2) is 18.6 Å². The Morgan fingerprint density at radius 2 is 1.00 bits per heavy atom. The minimum atomic E-state index is -4.94. The molecule has 3 aromatic carbocycles. The number of halogens is 1. The standard InChI is InChI=1S/C20H17OS.ClHO4/c21-20(17-10-4-1-5-11-17)16-22(18-12-6-2-7-13-18)19-14-8-3-9-15-19;2-1(3,4)5/h1-15H,16H2;(H,2,3,4,5)/q+1;/p-1. The van der Waals surface area contributed by atoms with Crippen molar-refractivity contribution < 1.29 is 33.7 Å². The van der Waals surface area contributed by atoms with Crippen molar-refractivity contribution in [1.29, 1.82) is 0 Å². The van der Waals surface area contributed by atoms with Gasteiger partial charge < -0.3 is 0 Å². The minimum Gasteiger partial charge on any atom is -0.289 e. The Morgan fingerprint density at radius 3 is 1.37 bits per heavy atom. The predicted molar refractivity (Wildman–Crippen MR) is 92.4 cm³/mol. The average molecular weight is 405 g/mol. The van der Waals surface area contributed by atoms with Crippen LogP contribution in [0.15, 0.2) is 101 Å². The Kier molecular flexibility index (Phi) is 7.99. The molecule has 5 nitrogen and oxygen atoms in total. The van der Waals surface area contributed by atoms with Crippen LogP contribution in [0.25, 0.3) is 0 Å². The zero-order chi connectivity index (χ0) is 19.7. The number of Topliss-reactive ketones (excluding diaryl/α,β-unsaturated/α-hetero) is 1. The van der Waals surface area contributed by atoms with Crippen LogP contribution in [0, 0.1) is 10.2 Å². The Hall–Kier alpha value is -2.19. The van der Waals surface area contributed by atoms with Gasteiger partial charge in [0.15, 0.2) is 15.5 Å². The molecule has 0 aliphatic carbocycles. The molecule has 0 spiro atoms. The molecule has 0 aliphatic rings. The van der Waals surface area contributed by atoms with Crippen LogP contribution < -0.4 is 18.6 Å². The summed E-state index contributed by atoms with van der Waals surface area (Å²) in [6.07, 6.45) is 0. The molecule has 0 saturated carbocycles. The smallest absolute Gasteiger partial charge is 0.212 e. The molecule has 0 heterocycles. The van der Waals surface area contributed by atoms with Crippen LogP contribution in [-0.4, -0.2) is 11.5 Å². The van der Waals surface area contributed by atoms with Gasteiger partial charge in [-0.2, -0.15) is 0 Å². The van der Waals surface area contributed by atoms with Gasteiger partial charge >= 0.3 is 0 Å². The lowest BCUT2D eigenvalue weighted by atomic mass is 10.2. The van der Waals surface area contributed by atoms with Crippen molar-refractivity contribution in [3.63, 3.8) is 0 Å². The molecule has 0 N–H and O–H groups in total. The second-order valence-electron chi connectivity index (χ2n) is 5.33. The Morgan fingerprint density at radius 1 is 0.667 bits per heavy atom. The summed E-state index contributed by atoms with van der Waals surface area (Å²) in [5.74, 6) is 0.703. The van der Waals surface area contributed by atoms with Gasteiger partial charge in [-0.05, 0) is 24.3 Å². The van der Waals surface area contributed by atoms with Crippen LogP contribution in [0.5, 0.6) is 0 Å². The lowest BCUT2D eigenvalue weighted by Crippen LogP contribution is -2.68. The number of hydrogen-bond donors (Lipinski definition) is 0. The van der Waals surface area contributed by atoms with E-state index in [1.807, 2.05) is 66.7 Å². The van der Waals surface area contributed by atoms with Gasteiger partial charge in [0.05, 0.1) is 10.9 Å². The quantitative estimate of drug-likeness (QED) is 0.434. The monoisotopic (exact) mass is 404 g/mol. The first-order chi connectivity index (χ1) is 12.8. The lowest BCUT2D eigenvalue weighted by Gasteiger charge is -2.17. The van der Waals surface area contributed by atoms with Crippen LogP contribution in [0.2, 0.25) is 0 Å². The molecule has 0 aliphatic heterocycles. The molecule has 0 aromatic heterocycles. The SMILES string of the molecule is O=C(C[S+](c1ccccc1)c1ccccc1)c1ccccc1.[O-][Cl+3]([O-])([O-])[O-]. The average Bonchev–Trinajstić information content (AvgIpc) is 2.67. The van der Waals surface area contributed by atoms with Gasteiger partial charge in [0, 0.05) is 5.56 Å². The van der Waals surface area contributed by atoms with E-state index >= 15 is 0 Å². The van der Waals surface area contributed by atoms with E-state index in [9.17, 15) is 4.79 Å². The van der Waals surface area contributed by atoms with Crippen molar-refractivity contribution in [3.8, 4) is 0 Å². The largest absolute Gasteiger partial charge is 0.289 e. The lowest BCUT2D eigenvalue weighted by molar-refractivity contribution is -2.00. The van der Waals surface area contributed by atoms with Crippen LogP contribution in [0.4, 0.5) is 0 Å². The molecule has 0 fully saturated rings. The van der Waals surface area contributed by atoms with Crippen LogP contribution in [0.1, 0.15) is 10.4 Å². The summed E-state index contributed by atoms with van der Waals surface area (Å²) in [5.41, 5.74) is 0.784. The Bertz CT molecular complexity index is 778. The third-order valence-corrected chi connectivity index (χ3v) is 5.66. The van der Waals surface area contributed by atoms with Crippen molar-refractivity contribution in [1.82, 2.24) is 0 Å². The second-order valence-corrected chi connectivity index (χ2v) is 8.10. The summed E-state index contributed by atoms with van der Waals surface area (Å²) in [4.78, 5) is 15.0. The first-order valence-corrected chi connectivity index (χ1v) is 10.5. The molecule has 0 saturated heterocycles. The highest BCUT2D eigenvalue weighted by Crippen LogP contribution is 2.24. The third kappa shape index (κ3) is 7.92. The highest BCUT2D eigenvalue weighted by molar-refractivity contribution is 7.97. The van der Waals surface area contributed by atoms with E-state index in [2.05, 4.69) is 24.3 Å². The molecule has 0 atom stereocenters. The van der Waals surface area contributed by atoms with Crippen molar-refractivity contribution in [2.75, 3.05) is 5.75 Å². The van der Waals surface area contributed by atoms with Gasteiger partial charge in [-0.15, -0.1) is 10.2 Å². The van der Waals surface area contributed by atoms with Gasteiger partial charge in [0.2, 0.25) is 5.78 Å². The van der Waals surface area contributed by atoms with Crippen LogP contribution in [-0.2, 0) is 10.9 Å². The fraction of sp³-hybridized carbons (Fsp3) is 0.0500. The van der Waals surface area contributed by atoms with E-state index < -0.39 is 10.2 Å². The summed E-state index contributed by atoms with van der Waals surface area (Å²) in [6, 6.07) is 30.1. The molecule has 3 aromatic rings. The zero-order valence-electron chi connectivity index (χ0n) is 14.2. The highest BCUT2D eigenvalue weighted by atomic mass is 35.7. The molecule has 27 heavy (non-hydrogen) atoms. The summed E-state index contributed by atoms with van der Waals surface area (Å²) in [6.45, 7) is 0. The van der Waals surface area contributed by atoms with Gasteiger partial charge in [0.1, 0.15) is 0 Å². The van der Waals surface area contributed by atoms with Crippen LogP contribution in [0.3, 0.4) is 0 Å². The van der Waals surface area contributed by atoms with Crippen molar-refractivity contribution in [3.05, 3.63) is 96.6 Å². The summed E-state index contributed by atoms with van der Waals surface area (Å²) in [5, 5.41) is 0. The maximum Gasteiger partial charge on any atom is 0.212 e. The summed E-state index contributed by atoms with van der Waals surface area (Å²) >= 11 is 0. The van der Waals surface area contributed by atoms with Gasteiger partial charge in [-0.1, -0.05) is 66.7 Å². The molecule has 0 bridgehead atoms. The number of hydrogen-bond acceptors (Lipinski definition) is 5. The number of rotatable bonds is 5. The number of benzene rings is 3. The summed E-state index contributed by atoms with van der Waals surface area (Å²) < 4.78 is 34.0. The Balaban J connectivity index is 0.000000465. The molecule has 0 radical (unpaired) electrons. The highest BCUT2D eigenvalue weighted by Gasteiger charge is 2.28. The molecule has 3 rings (SSSR count). The topological polar surface area (TPSA) is 109 Å². The maximum atomic E-state index is 12.6. The first kappa shape index (κ1) is 21.1. The summed E-state index contributed by atoms with van der Waals surface area (Å²) in [7, 11) is -5.18. The molecule has 140 valence electrons. The maximum absolute atomic E-state index is 12.6. The van der Waals surface area contributed by atoms with Crippen molar-refractivity contribution in [2.45, 2.75) is 9.79 Å². The van der Waals surface area contributed by atoms with E-state index in [1.54, 1.807) is 0 Å².